The molecule has 3 rings (SSSR count). The van der Waals surface area contributed by atoms with Crippen molar-refractivity contribution in [1.29, 1.82) is 0 Å². The summed E-state index contributed by atoms with van der Waals surface area (Å²) in [7, 11) is 1.86. The van der Waals surface area contributed by atoms with Gasteiger partial charge in [-0.15, -0.1) is 0 Å². The Morgan fingerprint density at radius 3 is 2.82 bits per heavy atom. The number of carbonyl (C=O) groups is 1. The van der Waals surface area contributed by atoms with E-state index in [2.05, 4.69) is 18.9 Å². The molecule has 0 saturated carbocycles. The Balaban J connectivity index is 2.04. The minimum Gasteiger partial charge on any atom is -0.331 e. The van der Waals surface area contributed by atoms with Crippen molar-refractivity contribution in [3.8, 4) is 0 Å². The summed E-state index contributed by atoms with van der Waals surface area (Å²) in [4.78, 5) is 14.7. The summed E-state index contributed by atoms with van der Waals surface area (Å²) >= 11 is 0. The molecule has 0 bridgehead atoms. The fourth-order valence-electron chi connectivity index (χ4n) is 3.07. The molecule has 116 valence electrons. The van der Waals surface area contributed by atoms with E-state index in [9.17, 15) is 9.18 Å². The van der Waals surface area contributed by atoms with Gasteiger partial charge in [0.1, 0.15) is 5.82 Å². The topological polar surface area (TPSA) is 38.1 Å². The van der Waals surface area contributed by atoms with Crippen molar-refractivity contribution in [3.63, 3.8) is 0 Å². The molecular formula is C17H20FN3O. The fraction of sp³-hybridized carbons (Fsp3) is 0.412. The lowest BCUT2D eigenvalue weighted by molar-refractivity contribution is 0.0619. The average molecular weight is 301 g/mol. The minimum atomic E-state index is -0.297. The lowest BCUT2D eigenvalue weighted by atomic mass is 9.90. The second kappa shape index (κ2) is 5.55. The molecule has 0 saturated heterocycles. The summed E-state index contributed by atoms with van der Waals surface area (Å²) in [6.45, 7) is 4.86. The summed E-state index contributed by atoms with van der Waals surface area (Å²) in [6.07, 6.45) is 4.34. The molecule has 22 heavy (non-hydrogen) atoms. The Kier molecular flexibility index (Phi) is 3.72. The Labute approximate surface area is 129 Å². The summed E-state index contributed by atoms with van der Waals surface area (Å²) in [5, 5.41) is 4.21. The molecule has 2 heterocycles. The smallest absolute Gasteiger partial charge is 0.254 e. The van der Waals surface area contributed by atoms with E-state index in [1.54, 1.807) is 16.9 Å². The van der Waals surface area contributed by atoms with Gasteiger partial charge in [-0.2, -0.15) is 5.10 Å². The van der Waals surface area contributed by atoms with Crippen molar-refractivity contribution in [2.45, 2.75) is 26.3 Å². The Bertz CT molecular complexity index is 708. The molecule has 1 atom stereocenters. The van der Waals surface area contributed by atoms with Gasteiger partial charge in [0.15, 0.2) is 0 Å². The quantitative estimate of drug-likeness (QED) is 0.874. The second-order valence-corrected chi connectivity index (χ2v) is 6.32. The van der Waals surface area contributed by atoms with Gasteiger partial charge >= 0.3 is 0 Å². The van der Waals surface area contributed by atoms with Gasteiger partial charge < -0.3 is 4.90 Å². The van der Waals surface area contributed by atoms with Crippen molar-refractivity contribution < 1.29 is 9.18 Å². The molecule has 5 heteroatoms. The molecule has 0 radical (unpaired) electrons. The van der Waals surface area contributed by atoms with E-state index in [1.807, 2.05) is 18.1 Å². The van der Waals surface area contributed by atoms with Crippen molar-refractivity contribution in [2.24, 2.45) is 13.0 Å². The Morgan fingerprint density at radius 2 is 2.18 bits per heavy atom. The predicted molar refractivity (Wildman–Crippen MR) is 81.9 cm³/mol. The van der Waals surface area contributed by atoms with E-state index in [1.165, 1.54) is 12.1 Å². The molecule has 1 aliphatic rings. The summed E-state index contributed by atoms with van der Waals surface area (Å²) in [6, 6.07) is 4.34. The maximum absolute atomic E-state index is 13.5. The first kappa shape index (κ1) is 14.8. The van der Waals surface area contributed by atoms with Crippen LogP contribution in [0, 0.1) is 11.7 Å². The molecule has 1 aromatic heterocycles. The van der Waals surface area contributed by atoms with Crippen molar-refractivity contribution in [1.82, 2.24) is 14.7 Å². The SMILES string of the molecule is CC(C)CN1C(=O)c2ccc(F)cc2CC1c1cnn(C)c1. The van der Waals surface area contributed by atoms with Gasteiger partial charge in [-0.05, 0) is 36.1 Å². The van der Waals surface area contributed by atoms with Gasteiger partial charge in [-0.25, -0.2) is 4.39 Å². The molecule has 0 fully saturated rings. The highest BCUT2D eigenvalue weighted by atomic mass is 19.1. The highest BCUT2D eigenvalue weighted by Gasteiger charge is 2.34. The van der Waals surface area contributed by atoms with Crippen LogP contribution < -0.4 is 0 Å². The van der Waals surface area contributed by atoms with E-state index in [0.29, 0.717) is 24.4 Å². The number of hydrogen-bond donors (Lipinski definition) is 0. The van der Waals surface area contributed by atoms with Gasteiger partial charge in [-0.3, -0.25) is 9.48 Å². The van der Waals surface area contributed by atoms with Crippen LogP contribution in [0.5, 0.6) is 0 Å². The monoisotopic (exact) mass is 301 g/mol. The summed E-state index contributed by atoms with van der Waals surface area (Å²) < 4.78 is 15.3. The van der Waals surface area contributed by atoms with Crippen molar-refractivity contribution in [3.05, 3.63) is 53.1 Å². The lowest BCUT2D eigenvalue weighted by Gasteiger charge is -2.37. The van der Waals surface area contributed by atoms with Crippen LogP contribution in [0.4, 0.5) is 4.39 Å². The normalized spacial score (nSPS) is 18.0. The van der Waals surface area contributed by atoms with E-state index >= 15 is 0 Å². The molecule has 1 aromatic carbocycles. The van der Waals surface area contributed by atoms with Gasteiger partial charge in [0.25, 0.3) is 5.91 Å². The van der Waals surface area contributed by atoms with E-state index in [0.717, 1.165) is 11.1 Å². The number of carbonyl (C=O) groups excluding carboxylic acids is 1. The standard InChI is InChI=1S/C17H20FN3O/c1-11(2)9-21-16(13-8-19-20(3)10-13)7-12-6-14(18)4-5-15(12)17(21)22/h4-6,8,10-11,16H,7,9H2,1-3H3. The van der Waals surface area contributed by atoms with E-state index < -0.39 is 0 Å². The molecule has 2 aromatic rings. The van der Waals surface area contributed by atoms with E-state index in [4.69, 9.17) is 0 Å². The third-order valence-electron chi connectivity index (χ3n) is 4.02. The number of fused-ring (bicyclic) bond motifs is 1. The molecule has 1 unspecified atom stereocenters. The number of aryl methyl sites for hydroxylation is 1. The van der Waals surface area contributed by atoms with Gasteiger partial charge in [0.05, 0.1) is 12.2 Å². The summed E-state index contributed by atoms with van der Waals surface area (Å²) in [5.41, 5.74) is 2.38. The van der Waals surface area contributed by atoms with Crippen LogP contribution in [-0.2, 0) is 13.5 Å². The van der Waals surface area contributed by atoms with Crippen LogP contribution in [0.2, 0.25) is 0 Å². The largest absolute Gasteiger partial charge is 0.331 e. The number of amides is 1. The number of benzene rings is 1. The third-order valence-corrected chi connectivity index (χ3v) is 4.02. The number of hydrogen-bond acceptors (Lipinski definition) is 2. The first-order valence-electron chi connectivity index (χ1n) is 7.53. The Morgan fingerprint density at radius 1 is 1.41 bits per heavy atom. The fourth-order valence-corrected chi connectivity index (χ4v) is 3.07. The zero-order valence-electron chi connectivity index (χ0n) is 13.1. The number of halogens is 1. The maximum atomic E-state index is 13.5. The van der Waals surface area contributed by atoms with Gasteiger partial charge in [-0.1, -0.05) is 13.8 Å². The summed E-state index contributed by atoms with van der Waals surface area (Å²) in [5.74, 6) is 0.0442. The zero-order valence-corrected chi connectivity index (χ0v) is 13.1. The van der Waals surface area contributed by atoms with Crippen LogP contribution in [0.1, 0.15) is 41.4 Å². The van der Waals surface area contributed by atoms with E-state index in [-0.39, 0.29) is 17.8 Å². The van der Waals surface area contributed by atoms with Crippen molar-refractivity contribution in [2.75, 3.05) is 6.54 Å². The average Bonchev–Trinajstić information content (AvgIpc) is 2.87. The van der Waals surface area contributed by atoms with Gasteiger partial charge in [0.2, 0.25) is 0 Å². The Hall–Kier alpha value is -2.17. The highest BCUT2D eigenvalue weighted by Crippen LogP contribution is 2.33. The number of aromatic nitrogens is 2. The van der Waals surface area contributed by atoms with Crippen LogP contribution in [0.25, 0.3) is 0 Å². The van der Waals surface area contributed by atoms with Crippen LogP contribution in [0.15, 0.2) is 30.6 Å². The van der Waals surface area contributed by atoms with Crippen LogP contribution in [-0.4, -0.2) is 27.1 Å². The first-order chi connectivity index (χ1) is 10.5. The third kappa shape index (κ3) is 2.63. The molecular weight excluding hydrogens is 281 g/mol. The number of rotatable bonds is 3. The second-order valence-electron chi connectivity index (χ2n) is 6.32. The molecule has 0 spiro atoms. The molecule has 0 N–H and O–H groups in total. The predicted octanol–water partition coefficient (Wildman–Crippen LogP) is 2.95. The molecule has 0 aliphatic carbocycles. The lowest BCUT2D eigenvalue weighted by Crippen LogP contribution is -2.42. The molecule has 1 aliphatic heterocycles. The molecule has 1 amide bonds. The minimum absolute atomic E-state index is 0.0243. The highest BCUT2D eigenvalue weighted by molar-refractivity contribution is 5.97. The van der Waals surface area contributed by atoms with Crippen LogP contribution >= 0.6 is 0 Å². The van der Waals surface area contributed by atoms with Gasteiger partial charge in [0, 0.05) is 30.9 Å². The number of nitrogens with zero attached hydrogens (tertiary/aromatic N) is 3. The molecule has 4 nitrogen and oxygen atoms in total. The first-order valence-corrected chi connectivity index (χ1v) is 7.53. The zero-order chi connectivity index (χ0) is 15.9. The maximum Gasteiger partial charge on any atom is 0.254 e. The van der Waals surface area contributed by atoms with Crippen molar-refractivity contribution >= 4 is 5.91 Å². The van der Waals surface area contributed by atoms with Crippen LogP contribution in [0.3, 0.4) is 0 Å².